The first-order valence-corrected chi connectivity index (χ1v) is 7.82. The third-order valence-corrected chi connectivity index (χ3v) is 3.64. The Kier molecular flexibility index (Phi) is 7.28. The fourth-order valence-electron chi connectivity index (χ4n) is 2.46. The van der Waals surface area contributed by atoms with Crippen molar-refractivity contribution in [1.29, 1.82) is 0 Å². The van der Waals surface area contributed by atoms with Gasteiger partial charge >= 0.3 is 20.1 Å². The topological polar surface area (TPSA) is 37.3 Å². The Bertz CT molecular complexity index is 962. The molecule has 0 amide bonds. The average molecular weight is 516 g/mol. The molecule has 0 saturated carbocycles. The monoisotopic (exact) mass is 516 g/mol. The predicted octanol–water partition coefficient (Wildman–Crippen LogP) is 5.29. The largest absolute Gasteiger partial charge is 3.00 e. The molecule has 1 N–H and O–H groups in total. The number of fused-ring (bicyclic) bond motifs is 1. The molecule has 0 aromatic heterocycles. The average Bonchev–Trinajstić information content (AvgIpc) is 2.69. The van der Waals surface area contributed by atoms with Gasteiger partial charge in [0.2, 0.25) is 5.97 Å². The summed E-state index contributed by atoms with van der Waals surface area (Å²) < 4.78 is 0. The number of carboxylic acid groups (broad SMARTS) is 1. The summed E-state index contributed by atoms with van der Waals surface area (Å²) in [5, 5.41) is 10.8. The molecule has 0 heterocycles. The van der Waals surface area contributed by atoms with E-state index < -0.39 is 5.97 Å². The van der Waals surface area contributed by atoms with Gasteiger partial charge in [0.1, 0.15) is 0 Å². The molecule has 0 aliphatic rings. The van der Waals surface area contributed by atoms with Crippen LogP contribution in [0.15, 0.2) is 84.9 Å². The molecule has 0 radical (unpaired) electrons. The van der Waals surface area contributed by atoms with Crippen LogP contribution in [-0.4, -0.2) is 11.1 Å². The molecule has 0 aliphatic carbocycles. The van der Waals surface area contributed by atoms with E-state index >= 15 is 0 Å². The van der Waals surface area contributed by atoms with E-state index in [1.54, 1.807) is 18.2 Å². The maximum atomic E-state index is 10.2. The summed E-state index contributed by atoms with van der Waals surface area (Å²) >= 11 is 0. The molecule has 0 atom stereocenters. The fourth-order valence-corrected chi connectivity index (χ4v) is 2.46. The van der Waals surface area contributed by atoms with Gasteiger partial charge in [0.25, 0.3) is 0 Å². The van der Waals surface area contributed by atoms with Crippen molar-refractivity contribution in [2.75, 3.05) is 0 Å². The summed E-state index contributed by atoms with van der Waals surface area (Å²) in [7, 11) is 0. The zero-order valence-corrected chi connectivity index (χ0v) is 16.2. The van der Waals surface area contributed by atoms with Crippen molar-refractivity contribution in [2.45, 2.75) is 0 Å². The minimum atomic E-state index is -0.935. The quantitative estimate of drug-likeness (QED) is 0.369. The van der Waals surface area contributed by atoms with Gasteiger partial charge in [-0.1, -0.05) is 23.8 Å². The number of carbonyl (C=O) groups is 1. The van der Waals surface area contributed by atoms with Crippen molar-refractivity contribution in [2.24, 2.45) is 0 Å². The zero-order chi connectivity index (χ0) is 17.5. The first kappa shape index (κ1) is 19.6. The SMILES string of the molecule is O=C(O)c1[c-]cccc1.[Ir+3].[c-]1ccccc1-c1[c-]ccc2ccccc12. The third-order valence-electron chi connectivity index (χ3n) is 3.64. The van der Waals surface area contributed by atoms with Crippen molar-refractivity contribution >= 4 is 16.7 Å². The summed E-state index contributed by atoms with van der Waals surface area (Å²) in [4.78, 5) is 10.2. The summed E-state index contributed by atoms with van der Waals surface area (Å²) in [5.74, 6) is -0.935. The molecule has 3 heteroatoms. The van der Waals surface area contributed by atoms with Crippen LogP contribution in [0, 0.1) is 18.2 Å². The van der Waals surface area contributed by atoms with Crippen LogP contribution in [0.5, 0.6) is 0 Å². The molecule has 0 aliphatic heterocycles. The number of carboxylic acids is 1. The Hall–Kier alpha value is -2.74. The maximum absolute atomic E-state index is 10.2. The third kappa shape index (κ3) is 4.89. The number of aromatic carboxylic acids is 1. The number of rotatable bonds is 2. The molecule has 0 bridgehead atoms. The molecule has 4 aromatic carbocycles. The fraction of sp³-hybridized carbons (Fsp3) is 0. The van der Waals surface area contributed by atoms with Gasteiger partial charge in [0.15, 0.2) is 0 Å². The first-order valence-electron chi connectivity index (χ1n) is 7.82. The summed E-state index contributed by atoms with van der Waals surface area (Å²) in [6, 6.07) is 36.0. The molecule has 2 nitrogen and oxygen atoms in total. The van der Waals surface area contributed by atoms with Crippen LogP contribution in [0.2, 0.25) is 0 Å². The Morgan fingerprint density at radius 1 is 0.731 bits per heavy atom. The smallest absolute Gasteiger partial charge is 0.521 e. The molecular formula is C23H15IrO2. The molecule has 26 heavy (non-hydrogen) atoms. The van der Waals surface area contributed by atoms with E-state index in [0.717, 1.165) is 11.1 Å². The van der Waals surface area contributed by atoms with Crippen molar-refractivity contribution in [1.82, 2.24) is 0 Å². The molecule has 128 valence electrons. The van der Waals surface area contributed by atoms with E-state index in [9.17, 15) is 4.79 Å². The van der Waals surface area contributed by atoms with Gasteiger partial charge < -0.3 is 9.90 Å². The van der Waals surface area contributed by atoms with E-state index in [1.165, 1.54) is 16.8 Å². The van der Waals surface area contributed by atoms with E-state index in [2.05, 4.69) is 54.6 Å². The van der Waals surface area contributed by atoms with Crippen molar-refractivity contribution in [3.8, 4) is 11.1 Å². The zero-order valence-electron chi connectivity index (χ0n) is 13.8. The van der Waals surface area contributed by atoms with Crippen LogP contribution in [0.3, 0.4) is 0 Å². The van der Waals surface area contributed by atoms with Crippen LogP contribution < -0.4 is 0 Å². The molecule has 0 saturated heterocycles. The second-order valence-corrected chi connectivity index (χ2v) is 5.30. The maximum Gasteiger partial charge on any atom is 3.00 e. The van der Waals surface area contributed by atoms with Gasteiger partial charge in [-0.3, -0.25) is 0 Å². The molecule has 4 aromatic rings. The second kappa shape index (κ2) is 9.67. The number of benzene rings is 4. The Labute approximate surface area is 166 Å². The van der Waals surface area contributed by atoms with Gasteiger partial charge in [-0.15, -0.1) is 59.3 Å². The van der Waals surface area contributed by atoms with Crippen LogP contribution in [0.1, 0.15) is 10.4 Å². The second-order valence-electron chi connectivity index (χ2n) is 5.30. The van der Waals surface area contributed by atoms with Crippen LogP contribution in [0.25, 0.3) is 21.9 Å². The van der Waals surface area contributed by atoms with Crippen LogP contribution in [-0.2, 0) is 20.1 Å². The van der Waals surface area contributed by atoms with Crippen LogP contribution in [0.4, 0.5) is 0 Å². The molecule has 0 unspecified atom stereocenters. The minimum absolute atomic E-state index is 0. The van der Waals surface area contributed by atoms with Gasteiger partial charge in [-0.2, -0.15) is 36.4 Å². The summed E-state index contributed by atoms with van der Waals surface area (Å²) in [6.07, 6.45) is 0. The Balaban J connectivity index is 0.000000210. The van der Waals surface area contributed by atoms with Gasteiger partial charge in [0, 0.05) is 0 Å². The van der Waals surface area contributed by atoms with Crippen molar-refractivity contribution < 1.29 is 30.0 Å². The number of hydrogen-bond donors (Lipinski definition) is 1. The standard InChI is InChI=1S/C16H10.C7H5O2.Ir/c1-2-7-13(8-3-1)16-12-6-10-14-9-4-5-11-15(14)16;8-7(9)6-4-2-1-3-5-6;/h1-7,9-11H;1-4H,(H,8,9);/q-2;-1;+3. The Morgan fingerprint density at radius 3 is 2.04 bits per heavy atom. The Morgan fingerprint density at radius 2 is 1.42 bits per heavy atom. The molecule has 0 spiro atoms. The normalized spacial score (nSPS) is 9.54. The van der Waals surface area contributed by atoms with Gasteiger partial charge in [-0.25, -0.2) is 11.1 Å². The van der Waals surface area contributed by atoms with Crippen molar-refractivity contribution in [3.63, 3.8) is 0 Å². The number of hydrogen-bond acceptors (Lipinski definition) is 1. The van der Waals surface area contributed by atoms with Gasteiger partial charge in [0.05, 0.1) is 0 Å². The van der Waals surface area contributed by atoms with Gasteiger partial charge in [-0.05, 0) is 0 Å². The van der Waals surface area contributed by atoms with Crippen LogP contribution >= 0.6 is 0 Å². The molecule has 4 rings (SSSR count). The van der Waals surface area contributed by atoms with E-state index in [0.29, 0.717) is 0 Å². The first-order chi connectivity index (χ1) is 12.3. The van der Waals surface area contributed by atoms with E-state index in [4.69, 9.17) is 5.11 Å². The minimum Gasteiger partial charge on any atom is -0.521 e. The summed E-state index contributed by atoms with van der Waals surface area (Å²) in [5.41, 5.74) is 2.43. The van der Waals surface area contributed by atoms with E-state index in [-0.39, 0.29) is 25.7 Å². The molecule has 0 fully saturated rings. The predicted molar refractivity (Wildman–Crippen MR) is 99.3 cm³/mol. The van der Waals surface area contributed by atoms with E-state index in [1.807, 2.05) is 24.3 Å². The molecular weight excluding hydrogens is 500 g/mol. The van der Waals surface area contributed by atoms with Crippen molar-refractivity contribution in [3.05, 3.63) is 109 Å². The summed E-state index contributed by atoms with van der Waals surface area (Å²) in [6.45, 7) is 0.